The molecule has 0 saturated carbocycles. The number of amides is 1. The number of nitrogens with one attached hydrogen (secondary N) is 1. The maximum absolute atomic E-state index is 12.2. The molecule has 1 aliphatic heterocycles. The number of alkyl carbamates (subject to hydrolysis) is 1. The average molecular weight is 517 g/mol. The normalized spacial score (nSPS) is 15.4. The largest absolute Gasteiger partial charge is 0.494 e. The molecule has 0 spiro atoms. The summed E-state index contributed by atoms with van der Waals surface area (Å²) in [4.78, 5) is 31.1. The summed E-state index contributed by atoms with van der Waals surface area (Å²) < 4.78 is 21.4. The molecule has 1 saturated heterocycles. The highest BCUT2D eigenvalue weighted by atomic mass is 16.6. The summed E-state index contributed by atoms with van der Waals surface area (Å²) in [6, 6.07) is 6.72. The number of hydrogen-bond donors (Lipinski definition) is 1. The third kappa shape index (κ3) is 8.65. The van der Waals surface area contributed by atoms with Gasteiger partial charge in [-0.15, -0.1) is 0 Å². The van der Waals surface area contributed by atoms with Gasteiger partial charge in [0.25, 0.3) is 0 Å². The van der Waals surface area contributed by atoms with E-state index in [1.54, 1.807) is 45.0 Å². The summed E-state index contributed by atoms with van der Waals surface area (Å²) in [5.74, 6) is 1.79. The van der Waals surface area contributed by atoms with Crippen molar-refractivity contribution in [2.24, 2.45) is 5.92 Å². The molecule has 3 rings (SSSR count). The average Bonchev–Trinajstić information content (AvgIpc) is 3.35. The molecule has 1 N–H and O–H groups in total. The summed E-state index contributed by atoms with van der Waals surface area (Å²) in [6.45, 7) is 11.8. The van der Waals surface area contributed by atoms with Gasteiger partial charge >= 0.3 is 18.1 Å². The fourth-order valence-corrected chi connectivity index (χ4v) is 4.14. The molecule has 2 aromatic rings. The van der Waals surface area contributed by atoms with Crippen LogP contribution in [0.4, 0.5) is 10.8 Å². The first-order valence-electron chi connectivity index (χ1n) is 12.9. The molecule has 1 amide bonds. The molecule has 1 aromatic heterocycles. The van der Waals surface area contributed by atoms with Crippen molar-refractivity contribution >= 4 is 18.1 Å². The van der Waals surface area contributed by atoms with Gasteiger partial charge in [-0.25, -0.2) is 9.59 Å². The van der Waals surface area contributed by atoms with Crippen molar-refractivity contribution in [2.75, 3.05) is 31.7 Å². The van der Waals surface area contributed by atoms with Gasteiger partial charge in [0.2, 0.25) is 0 Å². The number of carbonyl (C=O) groups excluding carboxylic acids is 2. The fourth-order valence-electron chi connectivity index (χ4n) is 4.14. The Morgan fingerprint density at radius 1 is 1.16 bits per heavy atom. The van der Waals surface area contributed by atoms with Gasteiger partial charge in [-0.1, -0.05) is 31.1 Å². The molecule has 1 atom stereocenters. The van der Waals surface area contributed by atoms with E-state index >= 15 is 0 Å². The maximum Gasteiger partial charge on any atom is 0.408 e. The summed E-state index contributed by atoms with van der Waals surface area (Å²) in [6.07, 6.45) is 3.54. The molecule has 0 aliphatic carbocycles. The molecule has 10 heteroatoms. The summed E-state index contributed by atoms with van der Waals surface area (Å²) in [7, 11) is 1.28. The van der Waals surface area contributed by atoms with Crippen molar-refractivity contribution in [3.8, 4) is 5.75 Å². The zero-order chi connectivity index (χ0) is 27.0. The van der Waals surface area contributed by atoms with Crippen LogP contribution in [-0.4, -0.2) is 54.6 Å². The summed E-state index contributed by atoms with van der Waals surface area (Å²) in [5, 5.41) is 6.64. The zero-order valence-electron chi connectivity index (χ0n) is 22.8. The molecule has 204 valence electrons. The first kappa shape index (κ1) is 28.3. The Labute approximate surface area is 219 Å². The van der Waals surface area contributed by atoms with E-state index in [2.05, 4.69) is 34.2 Å². The molecule has 1 aromatic carbocycles. The van der Waals surface area contributed by atoms with Crippen molar-refractivity contribution in [1.29, 1.82) is 0 Å². The van der Waals surface area contributed by atoms with Crippen LogP contribution in [0.2, 0.25) is 0 Å². The monoisotopic (exact) mass is 516 g/mol. The quantitative estimate of drug-likeness (QED) is 0.344. The van der Waals surface area contributed by atoms with Crippen LogP contribution in [-0.2, 0) is 14.3 Å². The minimum atomic E-state index is -0.969. The number of rotatable bonds is 10. The predicted molar refractivity (Wildman–Crippen MR) is 139 cm³/mol. The highest BCUT2D eigenvalue weighted by Crippen LogP contribution is 2.26. The molecular formula is C27H40N4O6. The van der Waals surface area contributed by atoms with Gasteiger partial charge in [0, 0.05) is 19.0 Å². The minimum absolute atomic E-state index is 0.259. The van der Waals surface area contributed by atoms with Gasteiger partial charge in [0.05, 0.1) is 13.7 Å². The van der Waals surface area contributed by atoms with Gasteiger partial charge < -0.3 is 29.0 Å². The Kier molecular flexibility index (Phi) is 9.77. The second-order valence-corrected chi connectivity index (χ2v) is 10.7. The molecule has 1 unspecified atom stereocenters. The third-order valence-corrected chi connectivity index (χ3v) is 6.17. The Bertz CT molecular complexity index is 1010. The molecule has 1 aliphatic rings. The van der Waals surface area contributed by atoms with Crippen molar-refractivity contribution in [3.05, 3.63) is 35.7 Å². The van der Waals surface area contributed by atoms with Crippen LogP contribution in [0.25, 0.3) is 0 Å². The topological polar surface area (TPSA) is 116 Å². The second-order valence-electron chi connectivity index (χ2n) is 10.7. The number of nitrogens with zero attached hydrogens (tertiary/aromatic N) is 3. The highest BCUT2D eigenvalue weighted by Gasteiger charge is 2.27. The zero-order valence-corrected chi connectivity index (χ0v) is 22.8. The van der Waals surface area contributed by atoms with Crippen molar-refractivity contribution in [1.82, 2.24) is 15.5 Å². The smallest absolute Gasteiger partial charge is 0.408 e. The molecule has 2 heterocycles. The number of ether oxygens (including phenoxy) is 3. The van der Waals surface area contributed by atoms with E-state index in [9.17, 15) is 9.59 Å². The number of anilines is 1. The Morgan fingerprint density at radius 2 is 1.84 bits per heavy atom. The van der Waals surface area contributed by atoms with Crippen LogP contribution in [0.5, 0.6) is 5.75 Å². The second kappa shape index (κ2) is 12.8. The molecule has 37 heavy (non-hydrogen) atoms. The number of methoxy groups -OCH3 is 1. The van der Waals surface area contributed by atoms with E-state index in [-0.39, 0.29) is 5.92 Å². The number of aromatic nitrogens is 2. The van der Waals surface area contributed by atoms with E-state index in [1.165, 1.54) is 7.11 Å². The van der Waals surface area contributed by atoms with Crippen LogP contribution in [0.15, 0.2) is 28.8 Å². The highest BCUT2D eigenvalue weighted by molar-refractivity contribution is 5.82. The number of carbonyl (C=O) groups is 2. The van der Waals surface area contributed by atoms with Crippen LogP contribution in [0.3, 0.4) is 0 Å². The lowest BCUT2D eigenvalue weighted by Gasteiger charge is -2.30. The lowest BCUT2D eigenvalue weighted by atomic mass is 9.92. The third-order valence-electron chi connectivity index (χ3n) is 6.17. The first-order valence-corrected chi connectivity index (χ1v) is 12.9. The van der Waals surface area contributed by atoms with Crippen LogP contribution in [0.1, 0.15) is 83.6 Å². The number of esters is 1. The van der Waals surface area contributed by atoms with E-state index in [4.69, 9.17) is 18.7 Å². The number of hydrogen-bond acceptors (Lipinski definition) is 9. The molecule has 10 nitrogen and oxygen atoms in total. The number of benzene rings is 1. The minimum Gasteiger partial charge on any atom is -0.494 e. The Hall–Kier alpha value is -3.30. The van der Waals surface area contributed by atoms with Gasteiger partial charge in [0.15, 0.2) is 11.9 Å². The van der Waals surface area contributed by atoms with E-state index in [1.807, 2.05) is 0 Å². The molecule has 0 radical (unpaired) electrons. The lowest BCUT2D eigenvalue weighted by molar-refractivity contribution is -0.143. The van der Waals surface area contributed by atoms with E-state index in [0.717, 1.165) is 44.6 Å². The summed E-state index contributed by atoms with van der Waals surface area (Å²) >= 11 is 0. The fraction of sp³-hybridized carbons (Fsp3) is 0.630. The van der Waals surface area contributed by atoms with E-state index in [0.29, 0.717) is 29.9 Å². The first-order chi connectivity index (χ1) is 17.6. The molecule has 0 bridgehead atoms. The standard InChI is InChI=1S/C27H40N4O6/c1-18(2)23-29-25(37-30-23)31-15-13-19(14-16-31)8-7-17-35-21-11-9-20(10-12-21)22(24(32)34-6)28-26(33)36-27(3,4)5/h9-12,18-19,22H,7-8,13-17H2,1-6H3,(H,28,33). The molecule has 1 fully saturated rings. The number of piperidine rings is 1. The van der Waals surface area contributed by atoms with Crippen molar-refractivity contribution < 1.29 is 28.3 Å². The van der Waals surface area contributed by atoms with Crippen molar-refractivity contribution in [2.45, 2.75) is 77.9 Å². The SMILES string of the molecule is COC(=O)C(NC(=O)OC(C)(C)C)c1ccc(OCCCC2CCN(c3nc(C(C)C)no3)CC2)cc1. The van der Waals surface area contributed by atoms with Crippen LogP contribution >= 0.6 is 0 Å². The molecular weight excluding hydrogens is 476 g/mol. The van der Waals surface area contributed by atoms with Gasteiger partial charge in [0.1, 0.15) is 11.4 Å². The summed E-state index contributed by atoms with van der Waals surface area (Å²) in [5.41, 5.74) is -0.0935. The Balaban J connectivity index is 1.41. The Morgan fingerprint density at radius 3 is 2.41 bits per heavy atom. The van der Waals surface area contributed by atoms with Gasteiger partial charge in [-0.2, -0.15) is 4.98 Å². The van der Waals surface area contributed by atoms with E-state index < -0.39 is 23.7 Å². The maximum atomic E-state index is 12.2. The van der Waals surface area contributed by atoms with Gasteiger partial charge in [-0.05, 0) is 70.1 Å². The van der Waals surface area contributed by atoms with Gasteiger partial charge in [-0.3, -0.25) is 0 Å². The van der Waals surface area contributed by atoms with Crippen molar-refractivity contribution in [3.63, 3.8) is 0 Å². The predicted octanol–water partition coefficient (Wildman–Crippen LogP) is 5.01. The lowest BCUT2D eigenvalue weighted by Crippen LogP contribution is -2.38. The van der Waals surface area contributed by atoms with Crippen LogP contribution < -0.4 is 15.0 Å². The van der Waals surface area contributed by atoms with Crippen LogP contribution in [0, 0.1) is 5.92 Å².